The number of rotatable bonds is 7. The maximum atomic E-state index is 4.56. The Morgan fingerprint density at radius 2 is 1.68 bits per heavy atom. The molecule has 0 fully saturated rings. The van der Waals surface area contributed by atoms with Crippen LogP contribution in [0.4, 0.5) is 11.6 Å². The summed E-state index contributed by atoms with van der Waals surface area (Å²) in [5.41, 5.74) is 0.344. The Balaban J connectivity index is 2.69. The molecule has 0 aromatic carbocycles. The molecule has 4 nitrogen and oxygen atoms in total. The molecular formula is C15H28N4. The molecule has 0 bridgehead atoms. The lowest BCUT2D eigenvalue weighted by Crippen LogP contribution is -2.14. The van der Waals surface area contributed by atoms with E-state index in [1.54, 1.807) is 0 Å². The van der Waals surface area contributed by atoms with Gasteiger partial charge in [0.15, 0.2) is 0 Å². The van der Waals surface area contributed by atoms with Gasteiger partial charge in [-0.15, -0.1) is 0 Å². The van der Waals surface area contributed by atoms with E-state index in [-0.39, 0.29) is 0 Å². The van der Waals surface area contributed by atoms with Crippen molar-refractivity contribution in [1.29, 1.82) is 0 Å². The molecule has 0 aliphatic carbocycles. The summed E-state index contributed by atoms with van der Waals surface area (Å²) in [6, 6.07) is 1.99. The Morgan fingerprint density at radius 3 is 2.21 bits per heavy atom. The van der Waals surface area contributed by atoms with Gasteiger partial charge in [-0.05, 0) is 25.2 Å². The summed E-state index contributed by atoms with van der Waals surface area (Å²) in [7, 11) is 0. The van der Waals surface area contributed by atoms with Crippen LogP contribution in [-0.2, 0) is 6.42 Å². The maximum Gasteiger partial charge on any atom is 0.133 e. The SMILES string of the molecule is CCCc1nc(NCC)cc(NCCC(C)(C)C)n1. The molecule has 0 unspecified atom stereocenters. The lowest BCUT2D eigenvalue weighted by Gasteiger charge is -2.18. The number of nitrogens with one attached hydrogen (secondary N) is 2. The standard InChI is InChI=1S/C15H28N4/c1-6-8-12-18-13(16-7-2)11-14(19-12)17-10-9-15(3,4)5/h11H,6-10H2,1-5H3,(H2,16,17,18,19). The van der Waals surface area contributed by atoms with E-state index in [9.17, 15) is 0 Å². The van der Waals surface area contributed by atoms with Crippen LogP contribution in [0.5, 0.6) is 0 Å². The van der Waals surface area contributed by atoms with Crippen LogP contribution in [-0.4, -0.2) is 23.1 Å². The first-order valence-electron chi connectivity index (χ1n) is 7.30. The van der Waals surface area contributed by atoms with Crippen molar-refractivity contribution in [3.8, 4) is 0 Å². The normalized spacial score (nSPS) is 11.4. The van der Waals surface area contributed by atoms with Crippen molar-refractivity contribution in [2.75, 3.05) is 23.7 Å². The van der Waals surface area contributed by atoms with Crippen LogP contribution in [0.25, 0.3) is 0 Å². The number of aromatic nitrogens is 2. The lowest BCUT2D eigenvalue weighted by atomic mass is 9.92. The second-order valence-corrected chi connectivity index (χ2v) is 6.07. The highest BCUT2D eigenvalue weighted by atomic mass is 15.1. The van der Waals surface area contributed by atoms with E-state index in [0.717, 1.165) is 49.8 Å². The molecule has 0 saturated heterocycles. The van der Waals surface area contributed by atoms with Crippen LogP contribution in [0.3, 0.4) is 0 Å². The monoisotopic (exact) mass is 264 g/mol. The predicted molar refractivity (Wildman–Crippen MR) is 82.8 cm³/mol. The largest absolute Gasteiger partial charge is 0.370 e. The summed E-state index contributed by atoms with van der Waals surface area (Å²) in [5, 5.41) is 6.67. The third kappa shape index (κ3) is 6.41. The molecule has 0 aliphatic heterocycles. The van der Waals surface area contributed by atoms with Gasteiger partial charge in [0.2, 0.25) is 0 Å². The zero-order chi connectivity index (χ0) is 14.3. The average Bonchev–Trinajstić information content (AvgIpc) is 2.28. The Morgan fingerprint density at radius 1 is 1.05 bits per heavy atom. The van der Waals surface area contributed by atoms with Gasteiger partial charge in [-0.25, -0.2) is 9.97 Å². The first-order valence-corrected chi connectivity index (χ1v) is 7.30. The van der Waals surface area contributed by atoms with Crippen molar-refractivity contribution in [3.05, 3.63) is 11.9 Å². The number of nitrogens with zero attached hydrogens (tertiary/aromatic N) is 2. The number of aryl methyl sites for hydroxylation is 1. The van der Waals surface area contributed by atoms with Gasteiger partial charge in [0.1, 0.15) is 17.5 Å². The molecule has 0 saturated carbocycles. The van der Waals surface area contributed by atoms with E-state index in [0.29, 0.717) is 5.41 Å². The smallest absolute Gasteiger partial charge is 0.133 e. The van der Waals surface area contributed by atoms with Gasteiger partial charge in [-0.2, -0.15) is 0 Å². The van der Waals surface area contributed by atoms with Gasteiger partial charge in [0.05, 0.1) is 0 Å². The molecule has 1 heterocycles. The molecule has 0 spiro atoms. The summed E-state index contributed by atoms with van der Waals surface area (Å²) in [4.78, 5) is 9.07. The fourth-order valence-electron chi connectivity index (χ4n) is 1.76. The van der Waals surface area contributed by atoms with Gasteiger partial charge in [-0.3, -0.25) is 0 Å². The van der Waals surface area contributed by atoms with Crippen molar-refractivity contribution in [1.82, 2.24) is 9.97 Å². The molecule has 4 heteroatoms. The maximum absolute atomic E-state index is 4.56. The lowest BCUT2D eigenvalue weighted by molar-refractivity contribution is 0.389. The van der Waals surface area contributed by atoms with Crippen molar-refractivity contribution in [2.45, 2.75) is 53.9 Å². The van der Waals surface area contributed by atoms with Crippen LogP contribution in [0.2, 0.25) is 0 Å². The number of hydrogen-bond acceptors (Lipinski definition) is 4. The first kappa shape index (κ1) is 15.7. The van der Waals surface area contributed by atoms with Crippen LogP contribution >= 0.6 is 0 Å². The van der Waals surface area contributed by atoms with Gasteiger partial charge in [-0.1, -0.05) is 27.7 Å². The summed E-state index contributed by atoms with van der Waals surface area (Å²) in [6.07, 6.45) is 3.11. The molecule has 0 amide bonds. The molecule has 1 rings (SSSR count). The summed E-state index contributed by atoms with van der Waals surface area (Å²) >= 11 is 0. The molecule has 0 radical (unpaired) electrons. The van der Waals surface area contributed by atoms with E-state index < -0.39 is 0 Å². The molecule has 19 heavy (non-hydrogen) atoms. The highest BCUT2D eigenvalue weighted by Crippen LogP contribution is 2.19. The Bertz CT molecular complexity index is 358. The third-order valence-corrected chi connectivity index (χ3v) is 2.79. The summed E-state index contributed by atoms with van der Waals surface area (Å²) in [5.74, 6) is 2.76. The quantitative estimate of drug-likeness (QED) is 0.788. The highest BCUT2D eigenvalue weighted by Gasteiger charge is 2.10. The van der Waals surface area contributed by atoms with Gasteiger partial charge < -0.3 is 10.6 Å². The molecule has 1 aromatic heterocycles. The minimum atomic E-state index is 0.344. The molecule has 0 aliphatic rings. The van der Waals surface area contributed by atoms with Gasteiger partial charge in [0, 0.05) is 25.6 Å². The van der Waals surface area contributed by atoms with E-state index in [1.165, 1.54) is 0 Å². The van der Waals surface area contributed by atoms with Crippen LogP contribution in [0, 0.1) is 5.41 Å². The average molecular weight is 264 g/mol. The fourth-order valence-corrected chi connectivity index (χ4v) is 1.76. The van der Waals surface area contributed by atoms with Crippen molar-refractivity contribution < 1.29 is 0 Å². The van der Waals surface area contributed by atoms with E-state index in [4.69, 9.17) is 0 Å². The molecule has 108 valence electrons. The Hall–Kier alpha value is -1.32. The van der Waals surface area contributed by atoms with E-state index >= 15 is 0 Å². The minimum absolute atomic E-state index is 0.344. The third-order valence-electron chi connectivity index (χ3n) is 2.79. The molecule has 2 N–H and O–H groups in total. The zero-order valence-electron chi connectivity index (χ0n) is 13.0. The van der Waals surface area contributed by atoms with Crippen LogP contribution in [0.15, 0.2) is 6.07 Å². The number of anilines is 2. The van der Waals surface area contributed by atoms with Crippen LogP contribution < -0.4 is 10.6 Å². The molecular weight excluding hydrogens is 236 g/mol. The zero-order valence-corrected chi connectivity index (χ0v) is 13.0. The molecule has 0 atom stereocenters. The Kier molecular flexibility index (Phi) is 6.06. The topological polar surface area (TPSA) is 49.8 Å². The highest BCUT2D eigenvalue weighted by molar-refractivity contribution is 5.47. The molecule has 1 aromatic rings. The minimum Gasteiger partial charge on any atom is -0.370 e. The van der Waals surface area contributed by atoms with E-state index in [1.807, 2.05) is 6.07 Å². The predicted octanol–water partition coefficient (Wildman–Crippen LogP) is 3.71. The van der Waals surface area contributed by atoms with E-state index in [2.05, 4.69) is 55.2 Å². The summed E-state index contributed by atoms with van der Waals surface area (Å²) < 4.78 is 0. The fraction of sp³-hybridized carbons (Fsp3) is 0.733. The van der Waals surface area contributed by atoms with Crippen molar-refractivity contribution in [3.63, 3.8) is 0 Å². The van der Waals surface area contributed by atoms with Crippen molar-refractivity contribution in [2.24, 2.45) is 5.41 Å². The second-order valence-electron chi connectivity index (χ2n) is 6.07. The van der Waals surface area contributed by atoms with Gasteiger partial charge >= 0.3 is 0 Å². The van der Waals surface area contributed by atoms with Crippen LogP contribution in [0.1, 0.15) is 53.3 Å². The first-order chi connectivity index (χ1) is 8.94. The number of hydrogen-bond donors (Lipinski definition) is 2. The second kappa shape index (κ2) is 7.31. The van der Waals surface area contributed by atoms with Crippen molar-refractivity contribution >= 4 is 11.6 Å². The Labute approximate surface area is 117 Å². The van der Waals surface area contributed by atoms with Gasteiger partial charge in [0.25, 0.3) is 0 Å². The summed E-state index contributed by atoms with van der Waals surface area (Å²) in [6.45, 7) is 12.8.